The van der Waals surface area contributed by atoms with E-state index >= 15 is 0 Å². The lowest BCUT2D eigenvalue weighted by Crippen LogP contribution is -2.46. The van der Waals surface area contributed by atoms with Gasteiger partial charge in [0, 0.05) is 6.04 Å². The van der Waals surface area contributed by atoms with Crippen molar-refractivity contribution in [3.05, 3.63) is 0 Å². The highest BCUT2D eigenvalue weighted by Crippen LogP contribution is 2.38. The van der Waals surface area contributed by atoms with Crippen molar-refractivity contribution in [2.24, 2.45) is 0 Å². The molecule has 2 saturated carbocycles. The largest absolute Gasteiger partial charge is 0.468 e. The number of hydrogen-bond donors (Lipinski definition) is 1. The first kappa shape index (κ1) is 10.9. The quantitative estimate of drug-likeness (QED) is 0.573. The van der Waals surface area contributed by atoms with E-state index in [1.54, 1.807) is 0 Å². The molecule has 1 N–H and O–H groups in total. The van der Waals surface area contributed by atoms with E-state index in [-0.39, 0.29) is 11.5 Å². The molecule has 15 heavy (non-hydrogen) atoms. The molecule has 0 saturated heterocycles. The first-order chi connectivity index (χ1) is 7.27. The summed E-state index contributed by atoms with van der Waals surface area (Å²) in [5, 5.41) is 3.52. The van der Waals surface area contributed by atoms with Crippen LogP contribution in [-0.4, -0.2) is 24.7 Å². The number of hydrogen-bond acceptors (Lipinski definition) is 3. The van der Waals surface area contributed by atoms with Gasteiger partial charge >= 0.3 is 5.97 Å². The Bertz CT molecular complexity index is 228. The molecule has 0 aromatic heterocycles. The molecule has 0 atom stereocenters. The second-order valence-corrected chi connectivity index (χ2v) is 4.91. The summed E-state index contributed by atoms with van der Waals surface area (Å²) in [6, 6.07) is 0.536. The summed E-state index contributed by atoms with van der Waals surface area (Å²) in [6.45, 7) is 0. The number of methoxy groups -OCH3 is 1. The topological polar surface area (TPSA) is 38.3 Å². The normalized spacial score (nSPS) is 25.7. The summed E-state index contributed by atoms with van der Waals surface area (Å²) in [4.78, 5) is 11.6. The maximum atomic E-state index is 11.6. The van der Waals surface area contributed by atoms with Crippen LogP contribution in [-0.2, 0) is 9.53 Å². The van der Waals surface area contributed by atoms with Gasteiger partial charge in [-0.25, -0.2) is 0 Å². The molecule has 86 valence electrons. The SMILES string of the molecule is COC(=O)C1(NC2CCCCCC2)CC1. The van der Waals surface area contributed by atoms with Gasteiger partial charge in [-0.15, -0.1) is 0 Å². The summed E-state index contributed by atoms with van der Waals surface area (Å²) < 4.78 is 4.85. The van der Waals surface area contributed by atoms with Gasteiger partial charge < -0.3 is 4.74 Å². The summed E-state index contributed by atoms with van der Waals surface area (Å²) in [5.74, 6) is -0.0632. The van der Waals surface area contributed by atoms with Crippen molar-refractivity contribution >= 4 is 5.97 Å². The molecule has 2 aliphatic rings. The zero-order valence-electron chi connectivity index (χ0n) is 9.55. The van der Waals surface area contributed by atoms with E-state index in [4.69, 9.17) is 4.74 Å². The number of carbonyl (C=O) groups is 1. The van der Waals surface area contributed by atoms with Crippen molar-refractivity contribution < 1.29 is 9.53 Å². The van der Waals surface area contributed by atoms with Crippen LogP contribution in [0, 0.1) is 0 Å². The molecular weight excluding hydrogens is 190 g/mol. The average molecular weight is 211 g/mol. The molecule has 2 fully saturated rings. The summed E-state index contributed by atoms with van der Waals surface area (Å²) in [5.41, 5.74) is -0.302. The number of rotatable bonds is 3. The van der Waals surface area contributed by atoms with Crippen molar-refractivity contribution in [2.75, 3.05) is 7.11 Å². The molecular formula is C12H21NO2. The van der Waals surface area contributed by atoms with Crippen molar-refractivity contribution in [1.29, 1.82) is 0 Å². The minimum Gasteiger partial charge on any atom is -0.468 e. The molecule has 2 rings (SSSR count). The van der Waals surface area contributed by atoms with Gasteiger partial charge in [0.05, 0.1) is 7.11 Å². The highest BCUT2D eigenvalue weighted by Gasteiger charge is 2.51. The Balaban J connectivity index is 1.87. The highest BCUT2D eigenvalue weighted by atomic mass is 16.5. The van der Waals surface area contributed by atoms with Crippen LogP contribution in [0.1, 0.15) is 51.4 Å². The summed E-state index contributed by atoms with van der Waals surface area (Å²) >= 11 is 0. The van der Waals surface area contributed by atoms with E-state index < -0.39 is 0 Å². The van der Waals surface area contributed by atoms with E-state index in [1.165, 1.54) is 45.6 Å². The van der Waals surface area contributed by atoms with Gasteiger partial charge in [-0.1, -0.05) is 25.7 Å². The first-order valence-corrected chi connectivity index (χ1v) is 6.13. The van der Waals surface area contributed by atoms with Crippen molar-refractivity contribution in [2.45, 2.75) is 62.9 Å². The fourth-order valence-electron chi connectivity index (χ4n) is 2.54. The maximum Gasteiger partial charge on any atom is 0.326 e. The van der Waals surface area contributed by atoms with Crippen LogP contribution in [0.5, 0.6) is 0 Å². The van der Waals surface area contributed by atoms with Gasteiger partial charge in [0.25, 0.3) is 0 Å². The molecule has 0 heterocycles. The standard InChI is InChI=1S/C12H21NO2/c1-15-11(14)12(8-9-12)13-10-6-4-2-3-5-7-10/h10,13H,2-9H2,1H3. The van der Waals surface area contributed by atoms with Crippen LogP contribution in [0.2, 0.25) is 0 Å². The van der Waals surface area contributed by atoms with Crippen molar-refractivity contribution in [3.63, 3.8) is 0 Å². The molecule has 3 heteroatoms. The van der Waals surface area contributed by atoms with Gasteiger partial charge in [-0.05, 0) is 25.7 Å². The lowest BCUT2D eigenvalue weighted by molar-refractivity contribution is -0.144. The molecule has 3 nitrogen and oxygen atoms in total. The molecule has 2 aliphatic carbocycles. The number of nitrogens with one attached hydrogen (secondary N) is 1. The van der Waals surface area contributed by atoms with Gasteiger partial charge in [0.1, 0.15) is 5.54 Å². The van der Waals surface area contributed by atoms with E-state index in [0.717, 1.165) is 12.8 Å². The fourth-order valence-corrected chi connectivity index (χ4v) is 2.54. The second-order valence-electron chi connectivity index (χ2n) is 4.91. The number of ether oxygens (including phenoxy) is 1. The number of carbonyl (C=O) groups excluding carboxylic acids is 1. The Morgan fingerprint density at radius 3 is 2.27 bits per heavy atom. The van der Waals surface area contributed by atoms with E-state index in [0.29, 0.717) is 6.04 Å². The minimum absolute atomic E-state index is 0.0632. The monoisotopic (exact) mass is 211 g/mol. The second kappa shape index (κ2) is 4.52. The Hall–Kier alpha value is -0.570. The van der Waals surface area contributed by atoms with Crippen LogP contribution < -0.4 is 5.32 Å². The van der Waals surface area contributed by atoms with Crippen LogP contribution >= 0.6 is 0 Å². The lowest BCUT2D eigenvalue weighted by Gasteiger charge is -2.22. The van der Waals surface area contributed by atoms with Gasteiger partial charge in [0.15, 0.2) is 0 Å². The average Bonchev–Trinajstić information content (AvgIpc) is 3.04. The molecule has 0 bridgehead atoms. The van der Waals surface area contributed by atoms with Crippen molar-refractivity contribution in [1.82, 2.24) is 5.32 Å². The molecule has 0 aromatic rings. The predicted molar refractivity (Wildman–Crippen MR) is 58.6 cm³/mol. The lowest BCUT2D eigenvalue weighted by atomic mass is 10.1. The summed E-state index contributed by atoms with van der Waals surface area (Å²) in [7, 11) is 1.48. The smallest absolute Gasteiger partial charge is 0.326 e. The highest BCUT2D eigenvalue weighted by molar-refractivity contribution is 5.84. The molecule has 0 aromatic carbocycles. The maximum absolute atomic E-state index is 11.6. The summed E-state index contributed by atoms with van der Waals surface area (Å²) in [6.07, 6.45) is 9.65. The van der Waals surface area contributed by atoms with Crippen LogP contribution in [0.15, 0.2) is 0 Å². The predicted octanol–water partition coefficient (Wildman–Crippen LogP) is 2.00. The van der Waals surface area contributed by atoms with Gasteiger partial charge in [0.2, 0.25) is 0 Å². The molecule has 0 amide bonds. The van der Waals surface area contributed by atoms with E-state index in [2.05, 4.69) is 5.32 Å². The fraction of sp³-hybridized carbons (Fsp3) is 0.917. The van der Waals surface area contributed by atoms with Crippen molar-refractivity contribution in [3.8, 4) is 0 Å². The molecule has 0 aliphatic heterocycles. The zero-order chi connectivity index (χ0) is 10.7. The third kappa shape index (κ3) is 2.51. The molecule has 0 radical (unpaired) electrons. The number of esters is 1. The van der Waals surface area contributed by atoms with E-state index in [1.807, 2.05) is 0 Å². The van der Waals surface area contributed by atoms with Gasteiger partial charge in [-0.2, -0.15) is 0 Å². The van der Waals surface area contributed by atoms with Crippen LogP contribution in [0.25, 0.3) is 0 Å². The zero-order valence-corrected chi connectivity index (χ0v) is 9.55. The minimum atomic E-state index is -0.302. The Kier molecular flexibility index (Phi) is 3.29. The first-order valence-electron chi connectivity index (χ1n) is 6.13. The van der Waals surface area contributed by atoms with Crippen LogP contribution in [0.3, 0.4) is 0 Å². The molecule has 0 unspecified atom stereocenters. The Labute approximate surface area is 91.6 Å². The third-order valence-corrected chi connectivity index (χ3v) is 3.66. The third-order valence-electron chi connectivity index (χ3n) is 3.66. The molecule has 0 spiro atoms. The van der Waals surface area contributed by atoms with Crippen LogP contribution in [0.4, 0.5) is 0 Å². The Morgan fingerprint density at radius 2 is 1.80 bits per heavy atom. The Morgan fingerprint density at radius 1 is 1.20 bits per heavy atom. The van der Waals surface area contributed by atoms with E-state index in [9.17, 15) is 4.79 Å². The van der Waals surface area contributed by atoms with Gasteiger partial charge in [-0.3, -0.25) is 10.1 Å².